The third-order valence-corrected chi connectivity index (χ3v) is 2.79. The van der Waals surface area contributed by atoms with E-state index in [4.69, 9.17) is 0 Å². The number of nitrogens with one attached hydrogen (secondary N) is 3. The Morgan fingerprint density at radius 3 is 3.20 bits per heavy atom. The highest BCUT2D eigenvalue weighted by Crippen LogP contribution is 2.16. The molecule has 1 amide bonds. The van der Waals surface area contributed by atoms with Crippen LogP contribution in [0.5, 0.6) is 0 Å². The van der Waals surface area contributed by atoms with Gasteiger partial charge >= 0.3 is 0 Å². The number of imidazole rings is 1. The average Bonchev–Trinajstić information content (AvgIpc) is 2.71. The van der Waals surface area contributed by atoms with E-state index in [-0.39, 0.29) is 11.9 Å². The number of anilines is 1. The van der Waals surface area contributed by atoms with Gasteiger partial charge in [-0.1, -0.05) is 6.92 Å². The van der Waals surface area contributed by atoms with Gasteiger partial charge in [-0.25, -0.2) is 4.98 Å². The molecule has 1 aliphatic heterocycles. The fourth-order valence-electron chi connectivity index (χ4n) is 1.93. The lowest BCUT2D eigenvalue weighted by atomic mass is 9.92. The minimum absolute atomic E-state index is 0.00264. The van der Waals surface area contributed by atoms with E-state index < -0.39 is 0 Å². The molecule has 2 atom stereocenters. The van der Waals surface area contributed by atoms with Gasteiger partial charge in [0.2, 0.25) is 11.9 Å². The summed E-state index contributed by atoms with van der Waals surface area (Å²) in [5.74, 6) is 0.894. The Labute approximate surface area is 88.7 Å². The number of amides is 1. The van der Waals surface area contributed by atoms with Crippen molar-refractivity contribution < 1.29 is 4.79 Å². The summed E-state index contributed by atoms with van der Waals surface area (Å²) in [6, 6.07) is -0.0937. The molecule has 0 saturated carbocycles. The highest BCUT2D eigenvalue weighted by molar-refractivity contribution is 5.93. The summed E-state index contributed by atoms with van der Waals surface area (Å²) < 4.78 is 0. The summed E-state index contributed by atoms with van der Waals surface area (Å²) in [6.07, 6.45) is 5.55. The standard InChI is InChI=1S/C10H16N4O/c1-7-3-2-4-11-8(7)9(15)14-10-12-5-6-13-10/h5-8,11H,2-4H2,1H3,(H2,12,13,14,15). The topological polar surface area (TPSA) is 69.8 Å². The van der Waals surface area contributed by atoms with Gasteiger partial charge in [0.15, 0.2) is 0 Å². The zero-order valence-electron chi connectivity index (χ0n) is 8.79. The Hall–Kier alpha value is -1.36. The van der Waals surface area contributed by atoms with Gasteiger partial charge in [0.05, 0.1) is 6.04 Å². The Morgan fingerprint density at radius 1 is 1.67 bits per heavy atom. The number of carbonyl (C=O) groups excluding carboxylic acids is 1. The van der Waals surface area contributed by atoms with E-state index in [9.17, 15) is 4.79 Å². The maximum absolute atomic E-state index is 11.8. The van der Waals surface area contributed by atoms with Crippen molar-refractivity contribution in [2.45, 2.75) is 25.8 Å². The van der Waals surface area contributed by atoms with Crippen molar-refractivity contribution in [3.63, 3.8) is 0 Å². The van der Waals surface area contributed by atoms with E-state index >= 15 is 0 Å². The molecule has 82 valence electrons. The predicted molar refractivity (Wildman–Crippen MR) is 57.4 cm³/mol. The molecule has 0 spiro atoms. The second-order valence-electron chi connectivity index (χ2n) is 3.98. The van der Waals surface area contributed by atoms with Gasteiger partial charge in [0.25, 0.3) is 0 Å². The van der Waals surface area contributed by atoms with Crippen LogP contribution in [0.2, 0.25) is 0 Å². The molecular weight excluding hydrogens is 192 g/mol. The van der Waals surface area contributed by atoms with Crippen LogP contribution in [0.15, 0.2) is 12.4 Å². The summed E-state index contributed by atoms with van der Waals surface area (Å²) in [7, 11) is 0. The summed E-state index contributed by atoms with van der Waals surface area (Å²) in [5.41, 5.74) is 0. The fraction of sp³-hybridized carbons (Fsp3) is 0.600. The Morgan fingerprint density at radius 2 is 2.53 bits per heavy atom. The smallest absolute Gasteiger partial charge is 0.244 e. The van der Waals surface area contributed by atoms with Crippen molar-refractivity contribution >= 4 is 11.9 Å². The molecule has 0 bridgehead atoms. The number of hydrogen-bond acceptors (Lipinski definition) is 3. The van der Waals surface area contributed by atoms with Gasteiger partial charge in [-0.05, 0) is 25.3 Å². The number of nitrogens with zero attached hydrogens (tertiary/aromatic N) is 1. The van der Waals surface area contributed by atoms with E-state index in [2.05, 4.69) is 27.5 Å². The van der Waals surface area contributed by atoms with Crippen LogP contribution in [0.3, 0.4) is 0 Å². The van der Waals surface area contributed by atoms with Crippen LogP contribution in [-0.2, 0) is 4.79 Å². The zero-order chi connectivity index (χ0) is 10.7. The molecule has 3 N–H and O–H groups in total. The molecule has 0 aromatic carbocycles. The maximum atomic E-state index is 11.8. The SMILES string of the molecule is CC1CCCNC1C(=O)Nc1ncc[nH]1. The van der Waals surface area contributed by atoms with E-state index in [1.807, 2.05) is 0 Å². The lowest BCUT2D eigenvalue weighted by Crippen LogP contribution is -2.48. The van der Waals surface area contributed by atoms with Crippen LogP contribution >= 0.6 is 0 Å². The molecule has 1 aliphatic rings. The Kier molecular flexibility index (Phi) is 3.01. The largest absolute Gasteiger partial charge is 0.331 e. The molecule has 1 saturated heterocycles. The van der Waals surface area contributed by atoms with E-state index in [1.165, 1.54) is 0 Å². The predicted octanol–water partition coefficient (Wildman–Crippen LogP) is 0.736. The molecule has 0 aliphatic carbocycles. The van der Waals surface area contributed by atoms with Gasteiger partial charge in [0.1, 0.15) is 0 Å². The van der Waals surface area contributed by atoms with E-state index in [0.717, 1.165) is 19.4 Å². The van der Waals surface area contributed by atoms with Gasteiger partial charge in [-0.3, -0.25) is 10.1 Å². The minimum Gasteiger partial charge on any atom is -0.331 e. The van der Waals surface area contributed by atoms with Crippen molar-refractivity contribution in [3.8, 4) is 0 Å². The van der Waals surface area contributed by atoms with E-state index in [0.29, 0.717) is 11.9 Å². The molecule has 15 heavy (non-hydrogen) atoms. The lowest BCUT2D eigenvalue weighted by molar-refractivity contribution is -0.119. The highest BCUT2D eigenvalue weighted by atomic mass is 16.2. The van der Waals surface area contributed by atoms with Crippen LogP contribution < -0.4 is 10.6 Å². The molecule has 1 fully saturated rings. The first-order valence-corrected chi connectivity index (χ1v) is 5.31. The number of H-pyrrole nitrogens is 1. The van der Waals surface area contributed by atoms with Crippen molar-refractivity contribution in [2.24, 2.45) is 5.92 Å². The molecule has 5 heteroatoms. The van der Waals surface area contributed by atoms with Crippen LogP contribution in [0, 0.1) is 5.92 Å². The Balaban J connectivity index is 1.95. The molecule has 2 unspecified atom stereocenters. The van der Waals surface area contributed by atoms with Crippen molar-refractivity contribution in [3.05, 3.63) is 12.4 Å². The van der Waals surface area contributed by atoms with Gasteiger partial charge in [0, 0.05) is 12.4 Å². The zero-order valence-corrected chi connectivity index (χ0v) is 8.79. The van der Waals surface area contributed by atoms with Crippen LogP contribution in [0.1, 0.15) is 19.8 Å². The lowest BCUT2D eigenvalue weighted by Gasteiger charge is -2.28. The van der Waals surface area contributed by atoms with Crippen LogP contribution in [-0.4, -0.2) is 28.5 Å². The molecule has 1 aromatic heterocycles. The number of hydrogen-bond donors (Lipinski definition) is 3. The minimum atomic E-state index is -0.0937. The second kappa shape index (κ2) is 4.44. The number of piperidine rings is 1. The second-order valence-corrected chi connectivity index (χ2v) is 3.98. The van der Waals surface area contributed by atoms with Crippen LogP contribution in [0.25, 0.3) is 0 Å². The summed E-state index contributed by atoms with van der Waals surface area (Å²) >= 11 is 0. The number of aromatic nitrogens is 2. The quantitative estimate of drug-likeness (QED) is 0.671. The molecule has 0 radical (unpaired) electrons. The first-order valence-electron chi connectivity index (χ1n) is 5.31. The van der Waals surface area contributed by atoms with Gasteiger partial charge in [-0.2, -0.15) is 0 Å². The van der Waals surface area contributed by atoms with Crippen molar-refractivity contribution in [2.75, 3.05) is 11.9 Å². The maximum Gasteiger partial charge on any atom is 0.244 e. The molecular formula is C10H16N4O. The first-order chi connectivity index (χ1) is 7.27. The third-order valence-electron chi connectivity index (χ3n) is 2.79. The van der Waals surface area contributed by atoms with Crippen molar-refractivity contribution in [1.82, 2.24) is 15.3 Å². The molecule has 2 rings (SSSR count). The summed E-state index contributed by atoms with van der Waals surface area (Å²) in [6.45, 7) is 3.01. The normalized spacial score (nSPS) is 26.2. The van der Waals surface area contributed by atoms with Gasteiger partial charge in [-0.15, -0.1) is 0 Å². The molecule has 2 heterocycles. The summed E-state index contributed by atoms with van der Waals surface area (Å²) in [5, 5.41) is 5.98. The highest BCUT2D eigenvalue weighted by Gasteiger charge is 2.27. The Bertz CT molecular complexity index is 322. The third kappa shape index (κ3) is 2.36. The number of aromatic amines is 1. The fourth-order valence-corrected chi connectivity index (χ4v) is 1.93. The molecule has 1 aromatic rings. The van der Waals surface area contributed by atoms with E-state index in [1.54, 1.807) is 12.4 Å². The number of rotatable bonds is 2. The van der Waals surface area contributed by atoms with Crippen LogP contribution in [0.4, 0.5) is 5.95 Å². The monoisotopic (exact) mass is 208 g/mol. The average molecular weight is 208 g/mol. The van der Waals surface area contributed by atoms with Gasteiger partial charge < -0.3 is 10.3 Å². The molecule has 5 nitrogen and oxygen atoms in total. The summed E-state index contributed by atoms with van der Waals surface area (Å²) in [4.78, 5) is 18.7. The van der Waals surface area contributed by atoms with Crippen molar-refractivity contribution in [1.29, 1.82) is 0 Å². The first kappa shape index (κ1) is 10.2. The number of carbonyl (C=O) groups is 1.